The molecule has 0 saturated carbocycles. The Morgan fingerprint density at radius 1 is 1.20 bits per heavy atom. The van der Waals surface area contributed by atoms with E-state index in [0.717, 1.165) is 0 Å². The molecule has 20 heavy (non-hydrogen) atoms. The van der Waals surface area contributed by atoms with E-state index >= 15 is 0 Å². The molecule has 0 aliphatic carbocycles. The average molecular weight is 290 g/mol. The molecule has 0 bridgehead atoms. The van der Waals surface area contributed by atoms with E-state index in [0.29, 0.717) is 11.6 Å². The van der Waals surface area contributed by atoms with E-state index in [1.807, 2.05) is 24.3 Å². The van der Waals surface area contributed by atoms with Crippen molar-refractivity contribution in [1.82, 2.24) is 4.98 Å². The van der Waals surface area contributed by atoms with Crippen LogP contribution in [0.3, 0.4) is 0 Å². The van der Waals surface area contributed by atoms with Crippen LogP contribution in [0.4, 0.5) is 11.5 Å². The van der Waals surface area contributed by atoms with Crippen LogP contribution in [0.25, 0.3) is 0 Å². The van der Waals surface area contributed by atoms with Gasteiger partial charge >= 0.3 is 0 Å². The second kappa shape index (κ2) is 5.92. The normalized spacial score (nSPS) is 10.6. The Bertz CT molecular complexity index is 624. The van der Waals surface area contributed by atoms with Crippen LogP contribution in [0.5, 0.6) is 0 Å². The van der Waals surface area contributed by atoms with Crippen LogP contribution in [0.15, 0.2) is 36.4 Å². The van der Waals surface area contributed by atoms with Crippen molar-refractivity contribution in [3.63, 3.8) is 0 Å². The highest BCUT2D eigenvalue weighted by molar-refractivity contribution is 6.34. The van der Waals surface area contributed by atoms with Crippen LogP contribution < -0.4 is 11.1 Å². The van der Waals surface area contributed by atoms with Crippen molar-refractivity contribution in [3.05, 3.63) is 52.7 Å². The van der Waals surface area contributed by atoms with E-state index in [1.165, 1.54) is 5.56 Å². The maximum atomic E-state index is 12.1. The van der Waals surface area contributed by atoms with Gasteiger partial charge in [-0.05, 0) is 35.7 Å². The fourth-order valence-electron chi connectivity index (χ4n) is 1.76. The minimum atomic E-state index is -0.375. The van der Waals surface area contributed by atoms with Crippen molar-refractivity contribution in [2.45, 2.75) is 19.8 Å². The van der Waals surface area contributed by atoms with Gasteiger partial charge in [-0.3, -0.25) is 4.79 Å². The minimum absolute atomic E-state index is 0.125. The zero-order valence-electron chi connectivity index (χ0n) is 11.4. The number of nitrogens with one attached hydrogen (secondary N) is 1. The number of pyridine rings is 1. The Labute approximate surface area is 123 Å². The highest BCUT2D eigenvalue weighted by Crippen LogP contribution is 2.19. The lowest BCUT2D eigenvalue weighted by atomic mass is 10.0. The van der Waals surface area contributed by atoms with Gasteiger partial charge in [0.1, 0.15) is 11.5 Å². The Balaban J connectivity index is 2.17. The molecule has 1 aromatic heterocycles. The van der Waals surface area contributed by atoms with Crippen molar-refractivity contribution >= 4 is 29.0 Å². The fraction of sp³-hybridized carbons (Fsp3) is 0.200. The first-order chi connectivity index (χ1) is 9.47. The topological polar surface area (TPSA) is 68.0 Å². The van der Waals surface area contributed by atoms with Crippen LogP contribution in [-0.2, 0) is 0 Å². The number of anilines is 2. The van der Waals surface area contributed by atoms with Crippen LogP contribution in [0.2, 0.25) is 5.02 Å². The van der Waals surface area contributed by atoms with E-state index < -0.39 is 0 Å². The van der Waals surface area contributed by atoms with Gasteiger partial charge in [-0.25, -0.2) is 4.98 Å². The van der Waals surface area contributed by atoms with Crippen LogP contribution in [0, 0.1) is 0 Å². The molecule has 2 rings (SSSR count). The van der Waals surface area contributed by atoms with Crippen molar-refractivity contribution in [2.24, 2.45) is 0 Å². The van der Waals surface area contributed by atoms with Crippen molar-refractivity contribution in [1.29, 1.82) is 0 Å². The number of nitrogens with zero attached hydrogens (tertiary/aromatic N) is 1. The molecule has 0 spiro atoms. The van der Waals surface area contributed by atoms with E-state index in [1.54, 1.807) is 12.1 Å². The molecule has 5 heteroatoms. The second-order valence-corrected chi connectivity index (χ2v) is 5.20. The summed E-state index contributed by atoms with van der Waals surface area (Å²) in [5.74, 6) is 0.332. The molecule has 104 valence electrons. The number of nitrogens with two attached hydrogens (primary N) is 1. The predicted octanol–water partition coefficient (Wildman–Crippen LogP) is 3.69. The molecule has 4 nitrogen and oxygen atoms in total. The lowest BCUT2D eigenvalue weighted by molar-refractivity contribution is 0.102. The average Bonchev–Trinajstić information content (AvgIpc) is 2.42. The quantitative estimate of drug-likeness (QED) is 0.905. The van der Waals surface area contributed by atoms with Gasteiger partial charge in [0, 0.05) is 5.69 Å². The van der Waals surface area contributed by atoms with Crippen LogP contribution in [-0.4, -0.2) is 10.9 Å². The third-order valence-corrected chi connectivity index (χ3v) is 3.22. The molecule has 0 aliphatic heterocycles. The molecular formula is C15H16ClN3O. The van der Waals surface area contributed by atoms with Crippen molar-refractivity contribution in [3.8, 4) is 0 Å². The van der Waals surface area contributed by atoms with Gasteiger partial charge in [0.15, 0.2) is 0 Å². The van der Waals surface area contributed by atoms with Gasteiger partial charge < -0.3 is 11.1 Å². The summed E-state index contributed by atoms with van der Waals surface area (Å²) in [4.78, 5) is 16.0. The number of rotatable bonds is 3. The molecule has 0 saturated heterocycles. The third-order valence-electron chi connectivity index (χ3n) is 2.92. The standard InChI is InChI=1S/C15H16ClN3O/c1-9(2)10-3-5-11(6-4-10)18-15(20)14-12(16)7-8-13(17)19-14/h3-9H,1-2H3,(H2,17,19)(H,18,20). The summed E-state index contributed by atoms with van der Waals surface area (Å²) >= 11 is 5.95. The number of nitrogen functional groups attached to an aromatic ring is 1. The zero-order valence-corrected chi connectivity index (χ0v) is 12.1. The molecular weight excluding hydrogens is 274 g/mol. The molecule has 0 atom stereocenters. The van der Waals surface area contributed by atoms with Gasteiger partial charge in [-0.2, -0.15) is 0 Å². The highest BCUT2D eigenvalue weighted by atomic mass is 35.5. The second-order valence-electron chi connectivity index (χ2n) is 4.80. The Kier molecular flexibility index (Phi) is 4.25. The summed E-state index contributed by atoms with van der Waals surface area (Å²) in [6, 6.07) is 10.8. The molecule has 0 aliphatic rings. The number of amides is 1. The number of hydrogen-bond acceptors (Lipinski definition) is 3. The van der Waals surface area contributed by atoms with Gasteiger partial charge in [-0.15, -0.1) is 0 Å². The van der Waals surface area contributed by atoms with Gasteiger partial charge in [0.25, 0.3) is 5.91 Å². The first kappa shape index (κ1) is 14.3. The Morgan fingerprint density at radius 3 is 2.45 bits per heavy atom. The number of hydrogen-bond donors (Lipinski definition) is 2. The Hall–Kier alpha value is -2.07. The van der Waals surface area contributed by atoms with E-state index in [9.17, 15) is 4.79 Å². The summed E-state index contributed by atoms with van der Waals surface area (Å²) in [6.45, 7) is 4.23. The van der Waals surface area contributed by atoms with Crippen LogP contribution >= 0.6 is 11.6 Å². The number of benzene rings is 1. The first-order valence-corrected chi connectivity index (χ1v) is 6.68. The van der Waals surface area contributed by atoms with Crippen molar-refractivity contribution < 1.29 is 4.79 Å². The third kappa shape index (κ3) is 3.27. The molecule has 0 unspecified atom stereocenters. The Morgan fingerprint density at radius 2 is 1.85 bits per heavy atom. The minimum Gasteiger partial charge on any atom is -0.384 e. The molecule has 0 radical (unpaired) electrons. The smallest absolute Gasteiger partial charge is 0.275 e. The number of carbonyl (C=O) groups is 1. The van der Waals surface area contributed by atoms with Gasteiger partial charge in [-0.1, -0.05) is 37.6 Å². The number of carbonyl (C=O) groups excluding carboxylic acids is 1. The summed E-state index contributed by atoms with van der Waals surface area (Å²) in [5.41, 5.74) is 7.59. The van der Waals surface area contributed by atoms with Crippen molar-refractivity contribution in [2.75, 3.05) is 11.1 Å². The molecule has 1 amide bonds. The maximum Gasteiger partial charge on any atom is 0.275 e. The summed E-state index contributed by atoms with van der Waals surface area (Å²) < 4.78 is 0. The molecule has 0 fully saturated rings. The lowest BCUT2D eigenvalue weighted by Crippen LogP contribution is -2.15. The fourth-order valence-corrected chi connectivity index (χ4v) is 1.95. The molecule has 3 N–H and O–H groups in total. The molecule has 2 aromatic rings. The number of halogens is 1. The maximum absolute atomic E-state index is 12.1. The van der Waals surface area contributed by atoms with E-state index in [2.05, 4.69) is 24.1 Å². The summed E-state index contributed by atoms with van der Waals surface area (Å²) in [5, 5.41) is 3.02. The summed E-state index contributed by atoms with van der Waals surface area (Å²) in [7, 11) is 0. The van der Waals surface area contributed by atoms with E-state index in [-0.39, 0.29) is 22.4 Å². The predicted molar refractivity (Wildman–Crippen MR) is 82.1 cm³/mol. The summed E-state index contributed by atoms with van der Waals surface area (Å²) in [6.07, 6.45) is 0. The zero-order chi connectivity index (χ0) is 14.7. The number of aromatic nitrogens is 1. The van der Waals surface area contributed by atoms with Gasteiger partial charge in [0.2, 0.25) is 0 Å². The van der Waals surface area contributed by atoms with Gasteiger partial charge in [0.05, 0.1) is 5.02 Å². The first-order valence-electron chi connectivity index (χ1n) is 6.30. The SMILES string of the molecule is CC(C)c1ccc(NC(=O)c2nc(N)ccc2Cl)cc1. The van der Waals surface area contributed by atoms with Crippen LogP contribution in [0.1, 0.15) is 35.8 Å². The highest BCUT2D eigenvalue weighted by Gasteiger charge is 2.13. The largest absolute Gasteiger partial charge is 0.384 e. The lowest BCUT2D eigenvalue weighted by Gasteiger charge is -2.09. The molecule has 1 aromatic carbocycles. The van der Waals surface area contributed by atoms with E-state index in [4.69, 9.17) is 17.3 Å². The monoisotopic (exact) mass is 289 g/mol. The molecule has 1 heterocycles.